The van der Waals surface area contributed by atoms with Crippen LogP contribution in [0.3, 0.4) is 0 Å². The maximum atomic E-state index is 13.8. The van der Waals surface area contributed by atoms with Crippen molar-refractivity contribution in [2.75, 3.05) is 10.6 Å². The maximum absolute atomic E-state index is 13.8. The number of hydrogen-bond acceptors (Lipinski definition) is 6. The monoisotopic (exact) mass is 466 g/mol. The van der Waals surface area contributed by atoms with Crippen molar-refractivity contribution in [1.82, 2.24) is 4.98 Å². The number of carboxylic acids is 1. The molecule has 0 atom stereocenters. The third-order valence-electron chi connectivity index (χ3n) is 5.85. The highest BCUT2D eigenvalue weighted by Gasteiger charge is 2.17. The van der Waals surface area contributed by atoms with E-state index in [1.165, 1.54) is 43.1 Å². The van der Waals surface area contributed by atoms with E-state index in [1.54, 1.807) is 29.6 Å². The second-order valence-electron chi connectivity index (χ2n) is 8.35. The van der Waals surface area contributed by atoms with Crippen LogP contribution >= 0.6 is 11.3 Å². The Morgan fingerprint density at radius 1 is 1.12 bits per heavy atom. The highest BCUT2D eigenvalue weighted by atomic mass is 32.1. The lowest BCUT2D eigenvalue weighted by Gasteiger charge is -2.15. The molecule has 6 nitrogen and oxygen atoms in total. The van der Waals surface area contributed by atoms with E-state index >= 15 is 0 Å². The van der Waals surface area contributed by atoms with Gasteiger partial charge in [-0.25, -0.2) is 9.37 Å². The number of nitrogens with zero attached hydrogens (tertiary/aromatic N) is 1. The first-order valence-electron chi connectivity index (χ1n) is 11.0. The molecule has 172 valence electrons. The number of aromatic nitrogens is 1. The zero-order chi connectivity index (χ0) is 23.2. The molecule has 0 bridgehead atoms. The number of carboxylic acid groups (broad SMARTS) is 1. The minimum absolute atomic E-state index is 0.212. The largest absolute Gasteiger partial charge is 0.550 e. The van der Waals surface area contributed by atoms with Gasteiger partial charge >= 0.3 is 0 Å². The SMILES string of the molecule is O=C([O-])Cc1csc(NC(=O)c2ccc(CNc3ccc(F)cc3CC3CCCC3)cc2)n1. The van der Waals surface area contributed by atoms with Crippen LogP contribution in [-0.2, 0) is 24.2 Å². The van der Waals surface area contributed by atoms with Crippen LogP contribution in [-0.4, -0.2) is 16.9 Å². The lowest BCUT2D eigenvalue weighted by Crippen LogP contribution is -2.24. The Morgan fingerprint density at radius 2 is 1.88 bits per heavy atom. The summed E-state index contributed by atoms with van der Waals surface area (Å²) in [6, 6.07) is 12.1. The summed E-state index contributed by atoms with van der Waals surface area (Å²) in [6.07, 6.45) is 5.53. The van der Waals surface area contributed by atoms with Gasteiger partial charge in [-0.15, -0.1) is 11.3 Å². The van der Waals surface area contributed by atoms with Gasteiger partial charge in [-0.1, -0.05) is 37.8 Å². The van der Waals surface area contributed by atoms with E-state index in [4.69, 9.17) is 0 Å². The highest BCUT2D eigenvalue weighted by Crippen LogP contribution is 2.31. The zero-order valence-electron chi connectivity index (χ0n) is 18.1. The first kappa shape index (κ1) is 22.9. The second kappa shape index (κ2) is 10.6. The van der Waals surface area contributed by atoms with Crippen molar-refractivity contribution in [3.63, 3.8) is 0 Å². The molecule has 1 fully saturated rings. The summed E-state index contributed by atoms with van der Waals surface area (Å²) in [5.74, 6) is -1.12. The minimum atomic E-state index is -1.21. The van der Waals surface area contributed by atoms with E-state index < -0.39 is 5.97 Å². The van der Waals surface area contributed by atoms with Crippen LogP contribution in [0.1, 0.15) is 52.9 Å². The van der Waals surface area contributed by atoms with Gasteiger partial charge in [0.1, 0.15) is 5.82 Å². The number of aliphatic carboxylic acids is 1. The number of carbonyl (C=O) groups excluding carboxylic acids is 2. The molecule has 33 heavy (non-hydrogen) atoms. The standard InChI is InChI=1S/C25H26FN3O3S/c26-20-9-10-22(19(12-20)11-16-3-1-2-4-16)27-14-17-5-7-18(8-6-17)24(32)29-25-28-21(15-33-25)13-23(30)31/h5-10,12,15-16,27H,1-4,11,13-14H2,(H,30,31)(H,28,29,32)/p-1. The summed E-state index contributed by atoms with van der Waals surface area (Å²) in [5.41, 5.74) is 3.78. The fraction of sp³-hybridized carbons (Fsp3) is 0.320. The Kier molecular flexibility index (Phi) is 7.34. The number of nitrogens with one attached hydrogen (secondary N) is 2. The molecule has 0 unspecified atom stereocenters. The molecule has 1 saturated carbocycles. The summed E-state index contributed by atoms with van der Waals surface area (Å²) < 4.78 is 13.8. The van der Waals surface area contributed by atoms with Crippen molar-refractivity contribution in [1.29, 1.82) is 0 Å². The summed E-state index contributed by atoms with van der Waals surface area (Å²) in [4.78, 5) is 27.2. The summed E-state index contributed by atoms with van der Waals surface area (Å²) in [6.45, 7) is 0.560. The Morgan fingerprint density at radius 3 is 2.61 bits per heavy atom. The first-order valence-corrected chi connectivity index (χ1v) is 11.9. The van der Waals surface area contributed by atoms with Crippen molar-refractivity contribution in [2.24, 2.45) is 5.92 Å². The second-order valence-corrected chi connectivity index (χ2v) is 9.21. The number of rotatable bonds is 9. The van der Waals surface area contributed by atoms with Gasteiger partial charge in [0, 0.05) is 35.6 Å². The molecule has 3 aromatic rings. The molecule has 1 aliphatic rings. The van der Waals surface area contributed by atoms with Gasteiger partial charge in [-0.05, 0) is 53.8 Å². The van der Waals surface area contributed by atoms with Gasteiger partial charge < -0.3 is 15.2 Å². The van der Waals surface area contributed by atoms with E-state index in [-0.39, 0.29) is 18.1 Å². The quantitative estimate of drug-likeness (QED) is 0.494. The van der Waals surface area contributed by atoms with Crippen LogP contribution in [0.5, 0.6) is 0 Å². The van der Waals surface area contributed by atoms with Crippen molar-refractivity contribution in [3.05, 3.63) is 76.0 Å². The van der Waals surface area contributed by atoms with Gasteiger partial charge in [-0.2, -0.15) is 0 Å². The summed E-state index contributed by atoms with van der Waals surface area (Å²) in [7, 11) is 0. The average molecular weight is 467 g/mol. The fourth-order valence-electron chi connectivity index (χ4n) is 4.16. The van der Waals surface area contributed by atoms with Crippen molar-refractivity contribution >= 4 is 34.0 Å². The number of halogens is 1. The fourth-order valence-corrected chi connectivity index (χ4v) is 4.87. The number of thiazole rings is 1. The third kappa shape index (κ3) is 6.38. The Labute approximate surface area is 195 Å². The van der Waals surface area contributed by atoms with Crippen molar-refractivity contribution in [3.8, 4) is 0 Å². The van der Waals surface area contributed by atoms with E-state index in [9.17, 15) is 19.1 Å². The number of anilines is 2. The van der Waals surface area contributed by atoms with Gasteiger partial charge in [0.2, 0.25) is 0 Å². The molecule has 0 radical (unpaired) electrons. The number of hydrogen-bond donors (Lipinski definition) is 2. The zero-order valence-corrected chi connectivity index (χ0v) is 18.9. The minimum Gasteiger partial charge on any atom is -0.550 e. The van der Waals surface area contributed by atoms with E-state index in [1.807, 2.05) is 12.1 Å². The van der Waals surface area contributed by atoms with Crippen LogP contribution in [0, 0.1) is 11.7 Å². The van der Waals surface area contributed by atoms with Gasteiger partial charge in [0.15, 0.2) is 5.13 Å². The van der Waals surface area contributed by atoms with Gasteiger partial charge in [-0.3, -0.25) is 10.1 Å². The Hall–Kier alpha value is -3.26. The highest BCUT2D eigenvalue weighted by molar-refractivity contribution is 7.14. The molecule has 0 spiro atoms. The molecular formula is C25H25FN3O3S-. The van der Waals surface area contributed by atoms with E-state index in [0.29, 0.717) is 28.9 Å². The molecule has 2 aromatic carbocycles. The molecule has 1 aromatic heterocycles. The molecule has 2 N–H and O–H groups in total. The third-order valence-corrected chi connectivity index (χ3v) is 6.65. The number of carbonyl (C=O) groups is 2. The van der Waals surface area contributed by atoms with Crippen LogP contribution in [0.2, 0.25) is 0 Å². The molecule has 0 aliphatic heterocycles. The average Bonchev–Trinajstić information content (AvgIpc) is 3.45. The molecule has 4 rings (SSSR count). The summed E-state index contributed by atoms with van der Waals surface area (Å²) in [5, 5.41) is 18.7. The smallest absolute Gasteiger partial charge is 0.257 e. The maximum Gasteiger partial charge on any atom is 0.257 e. The lowest BCUT2D eigenvalue weighted by atomic mass is 9.96. The normalized spacial score (nSPS) is 13.7. The predicted molar refractivity (Wildman–Crippen MR) is 125 cm³/mol. The molecule has 1 heterocycles. The van der Waals surface area contributed by atoms with Crippen LogP contribution in [0.15, 0.2) is 47.8 Å². The Balaban J connectivity index is 1.34. The first-order chi connectivity index (χ1) is 16.0. The van der Waals surface area contributed by atoms with Gasteiger partial charge in [0.05, 0.1) is 5.69 Å². The van der Waals surface area contributed by atoms with Crippen LogP contribution in [0.25, 0.3) is 0 Å². The van der Waals surface area contributed by atoms with Crippen molar-refractivity contribution < 1.29 is 19.1 Å². The van der Waals surface area contributed by atoms with Gasteiger partial charge in [0.25, 0.3) is 5.91 Å². The van der Waals surface area contributed by atoms with E-state index in [2.05, 4.69) is 15.6 Å². The lowest BCUT2D eigenvalue weighted by molar-refractivity contribution is -0.304. The van der Waals surface area contributed by atoms with Crippen LogP contribution in [0.4, 0.5) is 15.2 Å². The summed E-state index contributed by atoms with van der Waals surface area (Å²) >= 11 is 1.17. The van der Waals surface area contributed by atoms with E-state index in [0.717, 1.165) is 23.2 Å². The topological polar surface area (TPSA) is 94.1 Å². The predicted octanol–water partition coefficient (Wildman–Crippen LogP) is 4.17. The number of amides is 1. The van der Waals surface area contributed by atoms with Crippen molar-refractivity contribution in [2.45, 2.75) is 45.1 Å². The Bertz CT molecular complexity index is 1120. The molecular weight excluding hydrogens is 441 g/mol. The van der Waals surface area contributed by atoms with Crippen LogP contribution < -0.4 is 15.7 Å². The molecule has 0 saturated heterocycles. The molecule has 1 aliphatic carbocycles. The number of benzene rings is 2. The molecule has 1 amide bonds. The molecule has 8 heteroatoms.